The number of hydrogen-bond acceptors (Lipinski definition) is 6. The number of amides is 2. The summed E-state index contributed by atoms with van der Waals surface area (Å²) < 4.78 is 6.06. The van der Waals surface area contributed by atoms with Gasteiger partial charge in [0.15, 0.2) is 0 Å². The largest absolute Gasteiger partial charge is 0.368 e. The van der Waals surface area contributed by atoms with Crippen LogP contribution in [-0.4, -0.2) is 83.3 Å². The highest BCUT2D eigenvalue weighted by molar-refractivity contribution is 5.94. The monoisotopic (exact) mass is 345 g/mol. The Balaban J connectivity index is 1.40. The molecule has 1 aliphatic carbocycles. The van der Waals surface area contributed by atoms with Crippen LogP contribution in [0.25, 0.3) is 0 Å². The Morgan fingerprint density at radius 1 is 1.32 bits per heavy atom. The van der Waals surface area contributed by atoms with E-state index in [1.165, 1.54) is 25.2 Å². The van der Waals surface area contributed by atoms with Crippen LogP contribution >= 0.6 is 0 Å². The third-order valence-electron chi connectivity index (χ3n) is 5.29. The van der Waals surface area contributed by atoms with E-state index in [1.54, 1.807) is 18.0 Å². The van der Waals surface area contributed by atoms with Crippen LogP contribution in [-0.2, 0) is 9.53 Å². The van der Waals surface area contributed by atoms with Gasteiger partial charge in [-0.3, -0.25) is 14.5 Å². The lowest BCUT2D eigenvalue weighted by atomic mass is 9.89. The van der Waals surface area contributed by atoms with E-state index in [1.807, 2.05) is 0 Å². The summed E-state index contributed by atoms with van der Waals surface area (Å²) in [7, 11) is 1.66. The normalized spacial score (nSPS) is 25.5. The van der Waals surface area contributed by atoms with Gasteiger partial charge in [-0.1, -0.05) is 0 Å². The zero-order valence-corrected chi connectivity index (χ0v) is 14.4. The Labute approximate surface area is 146 Å². The van der Waals surface area contributed by atoms with Crippen LogP contribution in [0, 0.1) is 5.92 Å². The second-order valence-electron chi connectivity index (χ2n) is 7.29. The zero-order valence-electron chi connectivity index (χ0n) is 14.4. The standard InChI is InChI=1S/C17H23N5O3/c1-18-15(23)14-8-25-17(9-21(14)7-12-2-3-12)10-22(11-17)16(24)13-4-5-19-20-6-13/h4-6,12,14H,2-3,7-11H2,1H3,(H,18,23). The molecule has 3 fully saturated rings. The summed E-state index contributed by atoms with van der Waals surface area (Å²) in [5.41, 5.74) is 0.189. The zero-order chi connectivity index (χ0) is 17.4. The van der Waals surface area contributed by atoms with Crippen molar-refractivity contribution in [1.82, 2.24) is 25.3 Å². The third kappa shape index (κ3) is 3.23. The van der Waals surface area contributed by atoms with E-state index in [0.717, 1.165) is 6.54 Å². The van der Waals surface area contributed by atoms with Gasteiger partial charge in [0.05, 0.1) is 37.7 Å². The van der Waals surface area contributed by atoms with Crippen LogP contribution in [0.5, 0.6) is 0 Å². The number of ether oxygens (including phenoxy) is 1. The molecule has 0 radical (unpaired) electrons. The minimum absolute atomic E-state index is 0.00520. The predicted octanol–water partition coefficient (Wildman–Crippen LogP) is -0.472. The molecule has 4 rings (SSSR count). The fourth-order valence-corrected chi connectivity index (χ4v) is 3.70. The van der Waals surface area contributed by atoms with Crippen LogP contribution in [0.3, 0.4) is 0 Å². The summed E-state index contributed by atoms with van der Waals surface area (Å²) in [5, 5.41) is 10.2. The topological polar surface area (TPSA) is 87.7 Å². The van der Waals surface area contributed by atoms with E-state index in [4.69, 9.17) is 4.74 Å². The molecule has 0 aromatic carbocycles. The van der Waals surface area contributed by atoms with Crippen LogP contribution in [0.15, 0.2) is 18.5 Å². The number of hydrogen-bond donors (Lipinski definition) is 1. The van der Waals surface area contributed by atoms with Crippen molar-refractivity contribution in [3.05, 3.63) is 24.0 Å². The molecule has 25 heavy (non-hydrogen) atoms. The summed E-state index contributed by atoms with van der Waals surface area (Å²) in [6.07, 6.45) is 5.48. The minimum atomic E-state index is -0.352. The molecule has 8 nitrogen and oxygen atoms in total. The van der Waals surface area contributed by atoms with E-state index < -0.39 is 0 Å². The molecule has 8 heteroatoms. The van der Waals surface area contributed by atoms with E-state index in [9.17, 15) is 9.59 Å². The molecule has 1 N–H and O–H groups in total. The lowest BCUT2D eigenvalue weighted by molar-refractivity contribution is -0.191. The Morgan fingerprint density at radius 3 is 2.76 bits per heavy atom. The number of carbonyl (C=O) groups excluding carboxylic acids is 2. The van der Waals surface area contributed by atoms with Crippen molar-refractivity contribution < 1.29 is 14.3 Å². The Morgan fingerprint density at radius 2 is 2.12 bits per heavy atom. The second-order valence-corrected chi connectivity index (χ2v) is 7.29. The SMILES string of the molecule is CNC(=O)C1COC2(CN(C(=O)c3ccnnc3)C2)CN1CC1CC1. The van der Waals surface area contributed by atoms with Gasteiger partial charge in [0.25, 0.3) is 5.91 Å². The quantitative estimate of drug-likeness (QED) is 0.794. The van der Waals surface area contributed by atoms with Crippen LogP contribution < -0.4 is 5.32 Å². The molecule has 1 spiro atoms. The van der Waals surface area contributed by atoms with Crippen molar-refractivity contribution in [1.29, 1.82) is 0 Å². The smallest absolute Gasteiger partial charge is 0.255 e. The second kappa shape index (κ2) is 6.34. The third-order valence-corrected chi connectivity index (χ3v) is 5.29. The number of nitrogens with one attached hydrogen (secondary N) is 1. The summed E-state index contributed by atoms with van der Waals surface area (Å²) in [6.45, 7) is 3.11. The molecule has 1 atom stereocenters. The van der Waals surface area contributed by atoms with Gasteiger partial charge in [-0.2, -0.15) is 10.2 Å². The molecule has 1 aromatic heterocycles. The number of rotatable bonds is 4. The molecule has 1 aromatic rings. The Bertz CT molecular complexity index is 658. The fourth-order valence-electron chi connectivity index (χ4n) is 3.70. The van der Waals surface area contributed by atoms with Crippen molar-refractivity contribution in [2.24, 2.45) is 5.92 Å². The number of likely N-dealkylation sites (tertiary alicyclic amines) is 1. The molecule has 0 bridgehead atoms. The van der Waals surface area contributed by atoms with E-state index in [2.05, 4.69) is 20.4 Å². The highest BCUT2D eigenvalue weighted by Gasteiger charge is 2.52. The lowest BCUT2D eigenvalue weighted by Gasteiger charge is -2.55. The summed E-state index contributed by atoms with van der Waals surface area (Å²) in [4.78, 5) is 28.6. The lowest BCUT2D eigenvalue weighted by Crippen LogP contribution is -2.73. The molecule has 3 heterocycles. The van der Waals surface area contributed by atoms with Gasteiger partial charge in [-0.05, 0) is 24.8 Å². The molecule has 1 unspecified atom stereocenters. The van der Waals surface area contributed by atoms with Crippen molar-refractivity contribution >= 4 is 11.8 Å². The molecular weight excluding hydrogens is 322 g/mol. The first-order valence-corrected chi connectivity index (χ1v) is 8.76. The van der Waals surface area contributed by atoms with Gasteiger partial charge >= 0.3 is 0 Å². The molecule has 3 aliphatic rings. The van der Waals surface area contributed by atoms with Gasteiger partial charge in [-0.25, -0.2) is 0 Å². The van der Waals surface area contributed by atoms with Gasteiger partial charge in [0.1, 0.15) is 11.6 Å². The summed E-state index contributed by atoms with van der Waals surface area (Å²) in [6, 6.07) is 1.44. The van der Waals surface area contributed by atoms with Gasteiger partial charge in [0.2, 0.25) is 5.91 Å². The van der Waals surface area contributed by atoms with E-state index >= 15 is 0 Å². The number of morpholine rings is 1. The van der Waals surface area contributed by atoms with Crippen molar-refractivity contribution in [3.63, 3.8) is 0 Å². The van der Waals surface area contributed by atoms with E-state index in [-0.39, 0.29) is 23.5 Å². The van der Waals surface area contributed by atoms with E-state index in [0.29, 0.717) is 37.7 Å². The summed E-state index contributed by atoms with van der Waals surface area (Å²) >= 11 is 0. The number of aromatic nitrogens is 2. The number of nitrogens with zero attached hydrogens (tertiary/aromatic N) is 4. The highest BCUT2D eigenvalue weighted by Crippen LogP contribution is 2.36. The van der Waals surface area contributed by atoms with Gasteiger partial charge < -0.3 is 15.0 Å². The molecular formula is C17H23N5O3. The maximum Gasteiger partial charge on any atom is 0.255 e. The average Bonchev–Trinajstić information content (AvgIpc) is 3.43. The molecule has 2 saturated heterocycles. The first-order chi connectivity index (χ1) is 12.1. The molecule has 2 amide bonds. The van der Waals surface area contributed by atoms with Crippen LogP contribution in [0.1, 0.15) is 23.2 Å². The summed E-state index contributed by atoms with van der Waals surface area (Å²) in [5.74, 6) is 0.653. The predicted molar refractivity (Wildman–Crippen MR) is 88.8 cm³/mol. The maximum absolute atomic E-state index is 12.5. The fraction of sp³-hybridized carbons (Fsp3) is 0.647. The van der Waals surface area contributed by atoms with Crippen molar-refractivity contribution in [2.45, 2.75) is 24.5 Å². The number of carbonyl (C=O) groups is 2. The van der Waals surface area contributed by atoms with Gasteiger partial charge in [0, 0.05) is 20.1 Å². The van der Waals surface area contributed by atoms with Crippen molar-refractivity contribution in [3.8, 4) is 0 Å². The first-order valence-electron chi connectivity index (χ1n) is 8.76. The van der Waals surface area contributed by atoms with Crippen molar-refractivity contribution in [2.75, 3.05) is 39.8 Å². The Hall–Kier alpha value is -2.06. The van der Waals surface area contributed by atoms with Crippen LogP contribution in [0.2, 0.25) is 0 Å². The molecule has 1 saturated carbocycles. The number of likely N-dealkylation sites (N-methyl/N-ethyl adjacent to an activating group) is 1. The molecule has 2 aliphatic heterocycles. The van der Waals surface area contributed by atoms with Gasteiger partial charge in [-0.15, -0.1) is 0 Å². The first kappa shape index (κ1) is 16.4. The minimum Gasteiger partial charge on any atom is -0.368 e. The maximum atomic E-state index is 12.5. The average molecular weight is 345 g/mol. The Kier molecular flexibility index (Phi) is 4.16. The van der Waals surface area contributed by atoms with Crippen LogP contribution in [0.4, 0.5) is 0 Å². The highest BCUT2D eigenvalue weighted by atomic mass is 16.5. The molecule has 134 valence electrons.